The lowest BCUT2D eigenvalue weighted by Crippen LogP contribution is -2.45. The number of hydrogen-bond donors (Lipinski definition) is 2. The fourth-order valence-corrected chi connectivity index (χ4v) is 4.78. The smallest absolute Gasteiger partial charge is 0.322 e. The molecule has 1 aromatic carbocycles. The molecule has 0 saturated carbocycles. The maximum atomic E-state index is 12.7. The van der Waals surface area contributed by atoms with Crippen molar-refractivity contribution in [3.63, 3.8) is 0 Å². The van der Waals surface area contributed by atoms with E-state index in [0.717, 1.165) is 28.1 Å². The molecule has 1 unspecified atom stereocenters. The summed E-state index contributed by atoms with van der Waals surface area (Å²) in [6.07, 6.45) is 1.59. The van der Waals surface area contributed by atoms with Crippen LogP contribution in [-0.2, 0) is 4.79 Å². The summed E-state index contributed by atoms with van der Waals surface area (Å²) in [4.78, 5) is 31.3. The van der Waals surface area contributed by atoms with Gasteiger partial charge in [0.05, 0.1) is 21.1 Å². The molecule has 0 aliphatic carbocycles. The van der Waals surface area contributed by atoms with Gasteiger partial charge in [-0.15, -0.1) is 11.3 Å². The normalized spacial score (nSPS) is 17.1. The summed E-state index contributed by atoms with van der Waals surface area (Å²) in [5, 5.41) is 9.17. The third-order valence-corrected chi connectivity index (χ3v) is 6.32. The molecular weight excluding hydrogens is 380 g/mol. The number of thiazole rings is 1. The Morgan fingerprint density at radius 2 is 2.15 bits per heavy atom. The summed E-state index contributed by atoms with van der Waals surface area (Å²) in [6.45, 7) is 3.13. The number of likely N-dealkylation sites (tertiary alicyclic amines) is 1. The highest BCUT2D eigenvalue weighted by Gasteiger charge is 2.29. The number of fused-ring (bicyclic) bond motifs is 1. The van der Waals surface area contributed by atoms with E-state index < -0.39 is 0 Å². The number of carbonyl (C=O) groups excluding carboxylic acids is 2. The average Bonchev–Trinajstić information content (AvgIpc) is 3.30. The Bertz CT molecular complexity index is 967. The van der Waals surface area contributed by atoms with Crippen LogP contribution in [0.5, 0.6) is 0 Å². The van der Waals surface area contributed by atoms with Gasteiger partial charge >= 0.3 is 6.03 Å². The first-order chi connectivity index (χ1) is 13.1. The molecule has 0 bridgehead atoms. The molecule has 1 atom stereocenters. The number of benzene rings is 1. The van der Waals surface area contributed by atoms with Crippen LogP contribution in [0.1, 0.15) is 18.4 Å². The SMILES string of the molecule is Cc1ccc2nc(NC(=O)C3CCCN(C(=O)Nc4cccs4)C3)sc2c1. The molecule has 27 heavy (non-hydrogen) atoms. The van der Waals surface area contributed by atoms with E-state index >= 15 is 0 Å². The summed E-state index contributed by atoms with van der Waals surface area (Å²) in [5.74, 6) is -0.291. The molecule has 1 saturated heterocycles. The minimum atomic E-state index is -0.221. The van der Waals surface area contributed by atoms with E-state index in [1.807, 2.05) is 36.6 Å². The number of rotatable bonds is 3. The number of aryl methyl sites for hydroxylation is 1. The predicted octanol–water partition coefficient (Wildman–Crippen LogP) is 4.55. The number of thiophene rings is 1. The highest BCUT2D eigenvalue weighted by atomic mass is 32.1. The minimum absolute atomic E-state index is 0.0700. The molecule has 3 amide bonds. The maximum absolute atomic E-state index is 12.7. The second-order valence-electron chi connectivity index (χ2n) is 6.67. The topological polar surface area (TPSA) is 74.3 Å². The van der Waals surface area contributed by atoms with Crippen LogP contribution in [0.3, 0.4) is 0 Å². The first-order valence-corrected chi connectivity index (χ1v) is 10.6. The summed E-state index contributed by atoms with van der Waals surface area (Å²) in [7, 11) is 0. The Morgan fingerprint density at radius 3 is 2.96 bits per heavy atom. The molecular formula is C19H20N4O2S2. The van der Waals surface area contributed by atoms with Gasteiger partial charge in [-0.25, -0.2) is 9.78 Å². The Hall–Kier alpha value is -2.45. The number of hydrogen-bond acceptors (Lipinski definition) is 5. The van der Waals surface area contributed by atoms with E-state index in [-0.39, 0.29) is 17.9 Å². The number of nitrogens with zero attached hydrogens (tertiary/aromatic N) is 2. The van der Waals surface area contributed by atoms with E-state index in [1.54, 1.807) is 4.90 Å². The first kappa shape index (κ1) is 17.9. The lowest BCUT2D eigenvalue weighted by atomic mass is 9.97. The zero-order valence-corrected chi connectivity index (χ0v) is 16.5. The minimum Gasteiger partial charge on any atom is -0.324 e. The maximum Gasteiger partial charge on any atom is 0.322 e. The fourth-order valence-electron chi connectivity index (χ4n) is 3.20. The second kappa shape index (κ2) is 7.66. The predicted molar refractivity (Wildman–Crippen MR) is 111 cm³/mol. The van der Waals surface area contributed by atoms with Crippen LogP contribution in [0.2, 0.25) is 0 Å². The van der Waals surface area contributed by atoms with E-state index in [1.165, 1.54) is 28.2 Å². The van der Waals surface area contributed by atoms with Crippen molar-refractivity contribution < 1.29 is 9.59 Å². The third kappa shape index (κ3) is 4.12. The molecule has 0 radical (unpaired) electrons. The standard InChI is InChI=1S/C19H20N4O2S2/c1-12-6-7-14-15(10-12)27-18(20-14)22-17(24)13-4-2-8-23(11-13)19(25)21-16-5-3-9-26-16/h3,5-7,9-10,13H,2,4,8,11H2,1H3,(H,21,25)(H,20,22,24). The van der Waals surface area contributed by atoms with Crippen LogP contribution in [0.4, 0.5) is 14.9 Å². The van der Waals surface area contributed by atoms with E-state index in [2.05, 4.69) is 21.7 Å². The Labute approximate surface area is 165 Å². The first-order valence-electron chi connectivity index (χ1n) is 8.86. The molecule has 0 spiro atoms. The molecule has 1 fully saturated rings. The van der Waals surface area contributed by atoms with E-state index in [0.29, 0.717) is 18.2 Å². The van der Waals surface area contributed by atoms with Gasteiger partial charge in [-0.05, 0) is 55.0 Å². The number of amides is 3. The second-order valence-corrected chi connectivity index (χ2v) is 8.65. The van der Waals surface area contributed by atoms with Crippen molar-refractivity contribution in [2.45, 2.75) is 19.8 Å². The number of urea groups is 1. The van der Waals surface area contributed by atoms with Crippen LogP contribution in [0.15, 0.2) is 35.7 Å². The summed E-state index contributed by atoms with van der Waals surface area (Å²) >= 11 is 2.96. The molecule has 2 N–H and O–H groups in total. The van der Waals surface area contributed by atoms with Crippen molar-refractivity contribution in [2.24, 2.45) is 5.92 Å². The van der Waals surface area contributed by atoms with Crippen molar-refractivity contribution in [1.29, 1.82) is 0 Å². The van der Waals surface area contributed by atoms with Gasteiger partial charge in [0.25, 0.3) is 0 Å². The van der Waals surface area contributed by atoms with Gasteiger partial charge in [0, 0.05) is 13.1 Å². The van der Waals surface area contributed by atoms with E-state index in [4.69, 9.17) is 0 Å². The molecule has 6 nitrogen and oxygen atoms in total. The summed E-state index contributed by atoms with van der Waals surface area (Å²) < 4.78 is 1.06. The molecule has 1 aliphatic rings. The molecule has 140 valence electrons. The quantitative estimate of drug-likeness (QED) is 0.677. The lowest BCUT2D eigenvalue weighted by Gasteiger charge is -2.31. The zero-order chi connectivity index (χ0) is 18.8. The van der Waals surface area contributed by atoms with Gasteiger partial charge in [-0.1, -0.05) is 17.4 Å². The van der Waals surface area contributed by atoms with Crippen LogP contribution >= 0.6 is 22.7 Å². The lowest BCUT2D eigenvalue weighted by molar-refractivity contribution is -0.121. The Morgan fingerprint density at radius 1 is 1.26 bits per heavy atom. The van der Waals surface area contributed by atoms with Crippen molar-refractivity contribution >= 4 is 55.0 Å². The van der Waals surface area contributed by atoms with E-state index in [9.17, 15) is 9.59 Å². The molecule has 3 aromatic rings. The average molecular weight is 401 g/mol. The van der Waals surface area contributed by atoms with Crippen molar-refractivity contribution in [2.75, 3.05) is 23.7 Å². The Balaban J connectivity index is 1.39. The van der Waals surface area contributed by atoms with Crippen LogP contribution in [0, 0.1) is 12.8 Å². The molecule has 4 rings (SSSR count). The van der Waals surface area contributed by atoms with Crippen molar-refractivity contribution in [3.8, 4) is 0 Å². The number of aromatic nitrogens is 1. The van der Waals surface area contributed by atoms with Crippen LogP contribution in [-0.4, -0.2) is 34.9 Å². The van der Waals surface area contributed by atoms with Gasteiger partial charge in [-0.2, -0.15) is 0 Å². The largest absolute Gasteiger partial charge is 0.324 e. The summed E-state index contributed by atoms with van der Waals surface area (Å²) in [6, 6.07) is 9.66. The highest BCUT2D eigenvalue weighted by Crippen LogP contribution is 2.28. The highest BCUT2D eigenvalue weighted by molar-refractivity contribution is 7.22. The van der Waals surface area contributed by atoms with Crippen LogP contribution < -0.4 is 10.6 Å². The Kier molecular flexibility index (Phi) is 5.09. The van der Waals surface area contributed by atoms with Gasteiger partial charge in [0.1, 0.15) is 0 Å². The number of carbonyl (C=O) groups is 2. The van der Waals surface area contributed by atoms with Gasteiger partial charge in [0.15, 0.2) is 5.13 Å². The zero-order valence-electron chi connectivity index (χ0n) is 14.9. The fraction of sp³-hybridized carbons (Fsp3) is 0.316. The molecule has 1 aliphatic heterocycles. The number of anilines is 2. The molecule has 8 heteroatoms. The van der Waals surface area contributed by atoms with Gasteiger partial charge in [-0.3, -0.25) is 10.1 Å². The van der Waals surface area contributed by atoms with Crippen molar-refractivity contribution in [3.05, 3.63) is 41.3 Å². The third-order valence-electron chi connectivity index (χ3n) is 4.60. The summed E-state index contributed by atoms with van der Waals surface area (Å²) in [5.41, 5.74) is 2.06. The molecule has 2 aromatic heterocycles. The monoisotopic (exact) mass is 400 g/mol. The van der Waals surface area contributed by atoms with Crippen LogP contribution in [0.25, 0.3) is 10.2 Å². The van der Waals surface area contributed by atoms with Crippen molar-refractivity contribution in [1.82, 2.24) is 9.88 Å². The van der Waals surface area contributed by atoms with Gasteiger partial charge < -0.3 is 10.2 Å². The van der Waals surface area contributed by atoms with Gasteiger partial charge in [0.2, 0.25) is 5.91 Å². The number of piperidine rings is 1. The molecule has 3 heterocycles. The number of nitrogens with one attached hydrogen (secondary N) is 2.